The minimum absolute atomic E-state index is 0.0115. The number of rotatable bonds is 4. The van der Waals surface area contributed by atoms with Crippen LogP contribution < -0.4 is 5.32 Å². The zero-order valence-electron chi connectivity index (χ0n) is 10.7. The zero-order chi connectivity index (χ0) is 14.2. The van der Waals surface area contributed by atoms with E-state index in [9.17, 15) is 13.5 Å². The lowest BCUT2D eigenvalue weighted by Crippen LogP contribution is -2.26. The molecule has 8 heteroatoms. The van der Waals surface area contributed by atoms with Crippen LogP contribution in [0.5, 0.6) is 0 Å². The van der Waals surface area contributed by atoms with Crippen LogP contribution in [-0.4, -0.2) is 41.9 Å². The molecule has 0 aromatic carbocycles. The summed E-state index contributed by atoms with van der Waals surface area (Å²) >= 11 is 5.78. The van der Waals surface area contributed by atoms with E-state index in [0.717, 1.165) is 0 Å². The molecule has 1 aromatic rings. The van der Waals surface area contributed by atoms with E-state index in [4.69, 9.17) is 11.6 Å². The standard InChI is InChI=1S/C11H16ClN3O3S/c1-6(2)8(16)5-13-10-9-7(14-11(12)15-10)3-4-19(9,17)18/h6,8,16H,3-5H2,1-2H3,(H,13,14,15). The van der Waals surface area contributed by atoms with E-state index in [1.54, 1.807) is 0 Å². The number of hydrogen-bond acceptors (Lipinski definition) is 6. The Morgan fingerprint density at radius 1 is 1.42 bits per heavy atom. The summed E-state index contributed by atoms with van der Waals surface area (Å²) in [7, 11) is -3.35. The normalized spacial score (nSPS) is 18.4. The van der Waals surface area contributed by atoms with Gasteiger partial charge in [0.1, 0.15) is 10.7 Å². The van der Waals surface area contributed by atoms with Crippen molar-refractivity contribution in [1.82, 2.24) is 9.97 Å². The fraction of sp³-hybridized carbons (Fsp3) is 0.636. The summed E-state index contributed by atoms with van der Waals surface area (Å²) in [5.74, 6) is 0.278. The highest BCUT2D eigenvalue weighted by atomic mass is 35.5. The van der Waals surface area contributed by atoms with E-state index in [2.05, 4.69) is 15.3 Å². The van der Waals surface area contributed by atoms with Crippen molar-refractivity contribution in [3.63, 3.8) is 0 Å². The van der Waals surface area contributed by atoms with Crippen molar-refractivity contribution < 1.29 is 13.5 Å². The number of aliphatic hydroxyl groups excluding tert-OH is 1. The Balaban J connectivity index is 2.31. The molecule has 0 radical (unpaired) electrons. The van der Waals surface area contributed by atoms with Crippen molar-refractivity contribution in [3.8, 4) is 0 Å². The number of aliphatic hydroxyl groups is 1. The van der Waals surface area contributed by atoms with Crippen molar-refractivity contribution >= 4 is 27.3 Å². The molecule has 1 aromatic heterocycles. The Morgan fingerprint density at radius 3 is 2.74 bits per heavy atom. The second-order valence-corrected chi connectivity index (χ2v) is 7.26. The van der Waals surface area contributed by atoms with Crippen LogP contribution in [0.25, 0.3) is 0 Å². The number of nitrogens with zero attached hydrogens (tertiary/aromatic N) is 2. The van der Waals surface area contributed by atoms with Gasteiger partial charge >= 0.3 is 0 Å². The number of hydrogen-bond donors (Lipinski definition) is 2. The first-order valence-corrected chi connectivity index (χ1v) is 8.05. The number of nitrogens with one attached hydrogen (secondary N) is 1. The van der Waals surface area contributed by atoms with Crippen LogP contribution in [0.1, 0.15) is 19.5 Å². The van der Waals surface area contributed by atoms with E-state index in [0.29, 0.717) is 12.1 Å². The van der Waals surface area contributed by atoms with Gasteiger partial charge in [0, 0.05) is 13.0 Å². The number of aryl methyl sites for hydroxylation is 1. The Labute approximate surface area is 117 Å². The van der Waals surface area contributed by atoms with Gasteiger partial charge in [-0.05, 0) is 17.5 Å². The minimum atomic E-state index is -3.35. The van der Waals surface area contributed by atoms with Crippen LogP contribution in [0.3, 0.4) is 0 Å². The molecule has 0 fully saturated rings. The molecule has 1 unspecified atom stereocenters. The molecule has 0 aliphatic carbocycles. The van der Waals surface area contributed by atoms with Gasteiger partial charge in [-0.15, -0.1) is 0 Å². The smallest absolute Gasteiger partial charge is 0.224 e. The first-order valence-electron chi connectivity index (χ1n) is 6.02. The first-order chi connectivity index (χ1) is 8.81. The van der Waals surface area contributed by atoms with Gasteiger partial charge in [-0.1, -0.05) is 13.8 Å². The summed E-state index contributed by atoms with van der Waals surface area (Å²) in [4.78, 5) is 7.99. The van der Waals surface area contributed by atoms with E-state index < -0.39 is 15.9 Å². The Kier molecular flexibility index (Phi) is 3.98. The highest BCUT2D eigenvalue weighted by Crippen LogP contribution is 2.31. The van der Waals surface area contributed by atoms with Gasteiger partial charge in [0.15, 0.2) is 9.84 Å². The van der Waals surface area contributed by atoms with E-state index >= 15 is 0 Å². The highest BCUT2D eigenvalue weighted by molar-refractivity contribution is 7.91. The lowest BCUT2D eigenvalue weighted by Gasteiger charge is -2.16. The van der Waals surface area contributed by atoms with E-state index in [1.807, 2.05) is 13.8 Å². The summed E-state index contributed by atoms with van der Waals surface area (Å²) < 4.78 is 23.9. The molecular weight excluding hydrogens is 290 g/mol. The van der Waals surface area contributed by atoms with Crippen LogP contribution in [0.15, 0.2) is 4.90 Å². The predicted molar refractivity (Wildman–Crippen MR) is 72.1 cm³/mol. The van der Waals surface area contributed by atoms with Gasteiger partial charge < -0.3 is 10.4 Å². The number of halogens is 1. The van der Waals surface area contributed by atoms with Gasteiger partial charge in [0.2, 0.25) is 5.28 Å². The van der Waals surface area contributed by atoms with E-state index in [1.165, 1.54) is 0 Å². The summed E-state index contributed by atoms with van der Waals surface area (Å²) in [6, 6.07) is 0. The first kappa shape index (κ1) is 14.5. The average Bonchev–Trinajstić information content (AvgIpc) is 2.61. The van der Waals surface area contributed by atoms with Gasteiger partial charge in [0.05, 0.1) is 17.6 Å². The number of anilines is 1. The molecule has 0 bridgehead atoms. The Hall–Kier alpha value is -0.920. The summed E-state index contributed by atoms with van der Waals surface area (Å²) in [6.07, 6.45) is -0.241. The molecule has 19 heavy (non-hydrogen) atoms. The van der Waals surface area contributed by atoms with Crippen molar-refractivity contribution in [1.29, 1.82) is 0 Å². The number of aromatic nitrogens is 2. The monoisotopic (exact) mass is 305 g/mol. The quantitative estimate of drug-likeness (QED) is 0.803. The zero-order valence-corrected chi connectivity index (χ0v) is 12.3. The molecule has 0 saturated heterocycles. The summed E-state index contributed by atoms with van der Waals surface area (Å²) in [5, 5.41) is 12.6. The number of fused-ring (bicyclic) bond motifs is 1. The fourth-order valence-electron chi connectivity index (χ4n) is 1.85. The summed E-state index contributed by atoms with van der Waals surface area (Å²) in [5.41, 5.74) is 0.446. The second-order valence-electron chi connectivity index (χ2n) is 4.88. The third-order valence-corrected chi connectivity index (χ3v) is 5.04. The predicted octanol–water partition coefficient (Wildman–Crippen LogP) is 0.889. The Morgan fingerprint density at radius 2 is 2.11 bits per heavy atom. The average molecular weight is 306 g/mol. The molecule has 6 nitrogen and oxygen atoms in total. The van der Waals surface area contributed by atoms with Crippen molar-refractivity contribution in [2.45, 2.75) is 31.3 Å². The molecular formula is C11H16ClN3O3S. The molecule has 0 spiro atoms. The van der Waals surface area contributed by atoms with Gasteiger partial charge in [-0.2, -0.15) is 4.98 Å². The van der Waals surface area contributed by atoms with Crippen LogP contribution in [0.4, 0.5) is 5.82 Å². The van der Waals surface area contributed by atoms with E-state index in [-0.39, 0.29) is 34.2 Å². The minimum Gasteiger partial charge on any atom is -0.391 e. The van der Waals surface area contributed by atoms with Crippen LogP contribution >= 0.6 is 11.6 Å². The fourth-order valence-corrected chi connectivity index (χ4v) is 3.62. The maximum Gasteiger partial charge on any atom is 0.224 e. The molecule has 0 amide bonds. The van der Waals surface area contributed by atoms with Gasteiger partial charge in [-0.25, -0.2) is 13.4 Å². The lowest BCUT2D eigenvalue weighted by molar-refractivity contribution is 0.137. The lowest BCUT2D eigenvalue weighted by atomic mass is 10.1. The number of sulfone groups is 1. The maximum absolute atomic E-state index is 11.9. The van der Waals surface area contributed by atoms with Crippen molar-refractivity contribution in [2.24, 2.45) is 5.92 Å². The molecule has 106 valence electrons. The molecule has 0 saturated carbocycles. The molecule has 1 aliphatic rings. The topological polar surface area (TPSA) is 92.2 Å². The molecule has 2 heterocycles. The van der Waals surface area contributed by atoms with Crippen LogP contribution in [0.2, 0.25) is 5.28 Å². The van der Waals surface area contributed by atoms with Crippen LogP contribution in [-0.2, 0) is 16.3 Å². The molecule has 2 rings (SSSR count). The van der Waals surface area contributed by atoms with Crippen LogP contribution in [0, 0.1) is 5.92 Å². The third-order valence-electron chi connectivity index (χ3n) is 3.08. The molecule has 1 atom stereocenters. The molecule has 2 N–H and O–H groups in total. The maximum atomic E-state index is 11.9. The Bertz CT molecular complexity index is 589. The van der Waals surface area contributed by atoms with Crippen molar-refractivity contribution in [3.05, 3.63) is 11.0 Å². The van der Waals surface area contributed by atoms with Gasteiger partial charge in [0.25, 0.3) is 0 Å². The summed E-state index contributed by atoms with van der Waals surface area (Å²) in [6.45, 7) is 3.97. The SMILES string of the molecule is CC(C)C(O)CNc1nc(Cl)nc2c1S(=O)(=O)CC2. The second kappa shape index (κ2) is 5.22. The van der Waals surface area contributed by atoms with Gasteiger partial charge in [-0.3, -0.25) is 0 Å². The molecule has 1 aliphatic heterocycles. The largest absolute Gasteiger partial charge is 0.391 e. The third kappa shape index (κ3) is 2.98. The highest BCUT2D eigenvalue weighted by Gasteiger charge is 2.32. The van der Waals surface area contributed by atoms with Crippen molar-refractivity contribution in [2.75, 3.05) is 17.6 Å².